The summed E-state index contributed by atoms with van der Waals surface area (Å²) < 4.78 is 20.5. The number of hydrogen-bond donors (Lipinski definition) is 1. The second kappa shape index (κ2) is 6.87. The molecule has 0 amide bonds. The first-order valence-corrected chi connectivity index (χ1v) is 7.71. The Morgan fingerprint density at radius 1 is 1.45 bits per heavy atom. The molecule has 0 bridgehead atoms. The third-order valence-corrected chi connectivity index (χ3v) is 4.07. The zero-order chi connectivity index (χ0) is 15.4. The molecule has 5 nitrogen and oxygen atoms in total. The number of nitrogens with zero attached hydrogens (tertiary/aromatic N) is 3. The molecule has 1 aliphatic rings. The highest BCUT2D eigenvalue weighted by Crippen LogP contribution is 2.22. The van der Waals surface area contributed by atoms with E-state index in [0.717, 1.165) is 50.2 Å². The highest BCUT2D eigenvalue weighted by Gasteiger charge is 2.21. The van der Waals surface area contributed by atoms with E-state index in [1.165, 1.54) is 7.11 Å². The lowest BCUT2D eigenvalue weighted by Gasteiger charge is -2.23. The lowest BCUT2D eigenvalue weighted by molar-refractivity contribution is 0.366. The third kappa shape index (κ3) is 3.27. The van der Waals surface area contributed by atoms with Crippen LogP contribution in [-0.4, -0.2) is 28.4 Å². The lowest BCUT2D eigenvalue weighted by Crippen LogP contribution is -2.29. The van der Waals surface area contributed by atoms with Crippen LogP contribution in [0.3, 0.4) is 0 Å². The van der Waals surface area contributed by atoms with Crippen molar-refractivity contribution in [3.63, 3.8) is 0 Å². The molecule has 0 aliphatic carbocycles. The maximum Gasteiger partial charge on any atom is 0.165 e. The van der Waals surface area contributed by atoms with Crippen LogP contribution >= 0.6 is 0 Å². The van der Waals surface area contributed by atoms with Crippen molar-refractivity contribution >= 4 is 0 Å². The topological polar surface area (TPSA) is 52.0 Å². The Bertz CT molecular complexity index is 628. The molecule has 2 aromatic rings. The van der Waals surface area contributed by atoms with Gasteiger partial charge in [-0.1, -0.05) is 6.07 Å². The first-order valence-electron chi connectivity index (χ1n) is 7.71. The van der Waals surface area contributed by atoms with Crippen molar-refractivity contribution in [2.75, 3.05) is 13.7 Å². The quantitative estimate of drug-likeness (QED) is 0.833. The van der Waals surface area contributed by atoms with Crippen molar-refractivity contribution < 1.29 is 9.13 Å². The van der Waals surface area contributed by atoms with Crippen LogP contribution in [0, 0.1) is 5.82 Å². The van der Waals surface area contributed by atoms with Gasteiger partial charge in [0.05, 0.1) is 13.2 Å². The molecule has 0 radical (unpaired) electrons. The monoisotopic (exact) mass is 304 g/mol. The summed E-state index contributed by atoms with van der Waals surface area (Å²) in [6.45, 7) is 1.84. The Labute approximate surface area is 129 Å². The summed E-state index contributed by atoms with van der Waals surface area (Å²) in [5, 5.41) is 7.75. The zero-order valence-corrected chi connectivity index (χ0v) is 12.8. The van der Waals surface area contributed by atoms with E-state index in [-0.39, 0.29) is 11.9 Å². The maximum absolute atomic E-state index is 13.6. The fraction of sp³-hybridized carbons (Fsp3) is 0.500. The van der Waals surface area contributed by atoms with Crippen LogP contribution in [0.2, 0.25) is 0 Å². The predicted molar refractivity (Wildman–Crippen MR) is 81.3 cm³/mol. The molecule has 1 aliphatic heterocycles. The summed E-state index contributed by atoms with van der Waals surface area (Å²) in [6.07, 6.45) is 5.63. The van der Waals surface area contributed by atoms with Gasteiger partial charge in [-0.15, -0.1) is 0 Å². The van der Waals surface area contributed by atoms with E-state index in [1.54, 1.807) is 18.5 Å². The third-order valence-electron chi connectivity index (χ3n) is 4.07. The summed E-state index contributed by atoms with van der Waals surface area (Å²) in [7, 11) is 1.48. The van der Waals surface area contributed by atoms with Crippen LogP contribution < -0.4 is 10.1 Å². The molecule has 0 saturated heterocycles. The SMILES string of the molecule is COc1ccc(CCCN[C@@H]2CCCn3ncnc32)cc1F. The van der Waals surface area contributed by atoms with Crippen LogP contribution in [0.25, 0.3) is 0 Å². The van der Waals surface area contributed by atoms with Gasteiger partial charge in [-0.25, -0.2) is 14.1 Å². The summed E-state index contributed by atoms with van der Waals surface area (Å²) in [5.74, 6) is 1.03. The summed E-state index contributed by atoms with van der Waals surface area (Å²) in [5.41, 5.74) is 0.993. The van der Waals surface area contributed by atoms with Crippen molar-refractivity contribution in [2.45, 2.75) is 38.3 Å². The number of hydrogen-bond acceptors (Lipinski definition) is 4. The highest BCUT2D eigenvalue weighted by molar-refractivity contribution is 5.29. The van der Waals surface area contributed by atoms with Gasteiger partial charge in [0.2, 0.25) is 0 Å². The number of rotatable bonds is 6. The van der Waals surface area contributed by atoms with Crippen molar-refractivity contribution in [1.82, 2.24) is 20.1 Å². The van der Waals surface area contributed by atoms with E-state index >= 15 is 0 Å². The molecule has 0 fully saturated rings. The number of benzene rings is 1. The molecule has 2 heterocycles. The molecule has 22 heavy (non-hydrogen) atoms. The van der Waals surface area contributed by atoms with Gasteiger partial charge in [-0.2, -0.15) is 5.10 Å². The smallest absolute Gasteiger partial charge is 0.165 e. The minimum Gasteiger partial charge on any atom is -0.494 e. The largest absolute Gasteiger partial charge is 0.494 e. The number of methoxy groups -OCH3 is 1. The molecule has 1 atom stereocenters. The molecular weight excluding hydrogens is 283 g/mol. The average Bonchev–Trinajstić information content (AvgIpc) is 3.01. The van der Waals surface area contributed by atoms with E-state index in [9.17, 15) is 4.39 Å². The molecule has 0 saturated carbocycles. The molecule has 118 valence electrons. The van der Waals surface area contributed by atoms with E-state index in [0.29, 0.717) is 5.75 Å². The molecule has 6 heteroatoms. The summed E-state index contributed by atoms with van der Waals surface area (Å²) >= 11 is 0. The van der Waals surface area contributed by atoms with Crippen molar-refractivity contribution in [3.05, 3.63) is 41.7 Å². The number of fused-ring (bicyclic) bond motifs is 1. The Balaban J connectivity index is 1.48. The number of nitrogens with one attached hydrogen (secondary N) is 1. The highest BCUT2D eigenvalue weighted by atomic mass is 19.1. The maximum atomic E-state index is 13.6. The van der Waals surface area contributed by atoms with Gasteiger partial charge in [0.1, 0.15) is 12.2 Å². The fourth-order valence-electron chi connectivity index (χ4n) is 2.92. The van der Waals surface area contributed by atoms with Crippen molar-refractivity contribution in [1.29, 1.82) is 0 Å². The van der Waals surface area contributed by atoms with Gasteiger partial charge >= 0.3 is 0 Å². The fourth-order valence-corrected chi connectivity index (χ4v) is 2.92. The van der Waals surface area contributed by atoms with E-state index in [1.807, 2.05) is 10.7 Å². The van der Waals surface area contributed by atoms with Crippen LogP contribution in [0.15, 0.2) is 24.5 Å². The van der Waals surface area contributed by atoms with Gasteiger partial charge in [0.25, 0.3) is 0 Å². The van der Waals surface area contributed by atoms with Gasteiger partial charge in [-0.05, 0) is 49.9 Å². The molecular formula is C16H21FN4O. The molecule has 3 rings (SSSR count). The summed E-state index contributed by atoms with van der Waals surface area (Å²) in [4.78, 5) is 4.33. The Kier molecular flexibility index (Phi) is 4.68. The van der Waals surface area contributed by atoms with Gasteiger partial charge in [0, 0.05) is 6.54 Å². The molecule has 1 aromatic carbocycles. The first-order chi connectivity index (χ1) is 10.8. The van der Waals surface area contributed by atoms with E-state index < -0.39 is 0 Å². The van der Waals surface area contributed by atoms with Crippen LogP contribution in [0.4, 0.5) is 4.39 Å². The zero-order valence-electron chi connectivity index (χ0n) is 12.8. The number of ether oxygens (including phenoxy) is 1. The van der Waals surface area contributed by atoms with Gasteiger partial charge in [0.15, 0.2) is 11.6 Å². The van der Waals surface area contributed by atoms with Crippen LogP contribution in [0.1, 0.15) is 36.7 Å². The van der Waals surface area contributed by atoms with Crippen LogP contribution in [-0.2, 0) is 13.0 Å². The number of halogens is 1. The van der Waals surface area contributed by atoms with E-state index in [4.69, 9.17) is 4.74 Å². The molecule has 1 N–H and O–H groups in total. The van der Waals surface area contributed by atoms with Crippen molar-refractivity contribution in [3.8, 4) is 5.75 Å². The number of aryl methyl sites for hydroxylation is 2. The first kappa shape index (κ1) is 15.0. The minimum atomic E-state index is -0.298. The molecule has 0 spiro atoms. The Morgan fingerprint density at radius 3 is 3.18 bits per heavy atom. The second-order valence-corrected chi connectivity index (χ2v) is 5.56. The predicted octanol–water partition coefficient (Wildman–Crippen LogP) is 2.48. The second-order valence-electron chi connectivity index (χ2n) is 5.56. The summed E-state index contributed by atoms with van der Waals surface area (Å²) in [6, 6.07) is 5.43. The van der Waals surface area contributed by atoms with Crippen LogP contribution in [0.5, 0.6) is 5.75 Å². The van der Waals surface area contributed by atoms with Gasteiger partial charge in [-0.3, -0.25) is 0 Å². The normalized spacial score (nSPS) is 17.3. The van der Waals surface area contributed by atoms with Gasteiger partial charge < -0.3 is 10.1 Å². The average molecular weight is 304 g/mol. The van der Waals surface area contributed by atoms with Crippen molar-refractivity contribution in [2.24, 2.45) is 0 Å². The molecule has 1 aromatic heterocycles. The standard InChI is InChI=1S/C16H21FN4O/c1-22-15-7-6-12(10-13(15)17)4-2-8-18-14-5-3-9-21-16(14)19-11-20-21/h6-7,10-11,14,18H,2-5,8-9H2,1H3/t14-/m1/s1. The number of aromatic nitrogens is 3. The lowest BCUT2D eigenvalue weighted by atomic mass is 10.1. The van der Waals surface area contributed by atoms with E-state index in [2.05, 4.69) is 15.4 Å². The minimum absolute atomic E-state index is 0.281. The Morgan fingerprint density at radius 2 is 2.36 bits per heavy atom. The molecule has 0 unspecified atom stereocenters. The Hall–Kier alpha value is -1.95.